The predicted octanol–water partition coefficient (Wildman–Crippen LogP) is 4.45. The molecule has 0 unspecified atom stereocenters. The van der Waals surface area contributed by atoms with Crippen molar-refractivity contribution in [1.82, 2.24) is 5.43 Å². The number of phenolic OH excluding ortho intramolecular Hbond substituents is 1. The summed E-state index contributed by atoms with van der Waals surface area (Å²) in [7, 11) is 0. The van der Waals surface area contributed by atoms with Gasteiger partial charge in [0, 0.05) is 4.47 Å². The molecule has 3 aromatic rings. The lowest BCUT2D eigenvalue weighted by atomic mass is 10.1. The molecule has 7 heteroatoms. The minimum Gasteiger partial charge on any atom is -0.507 e. The molecule has 0 bridgehead atoms. The molecule has 0 saturated carbocycles. The highest BCUT2D eigenvalue weighted by Gasteiger charge is 2.11. The van der Waals surface area contributed by atoms with Crippen molar-refractivity contribution in [1.29, 1.82) is 0 Å². The van der Waals surface area contributed by atoms with E-state index in [1.165, 1.54) is 18.3 Å². The topological polar surface area (TPSA) is 88.0 Å². The molecular weight excluding hydrogens is 436 g/mol. The number of phenols is 1. The number of ether oxygens (including phenoxy) is 1. The molecule has 0 aliphatic carbocycles. The van der Waals surface area contributed by atoms with E-state index in [0.717, 1.165) is 5.56 Å². The summed E-state index contributed by atoms with van der Waals surface area (Å²) in [6.45, 7) is 1.94. The molecule has 0 heterocycles. The van der Waals surface area contributed by atoms with E-state index in [9.17, 15) is 14.7 Å². The van der Waals surface area contributed by atoms with Gasteiger partial charge in [0.1, 0.15) is 11.5 Å². The van der Waals surface area contributed by atoms with Crippen LogP contribution in [0.15, 0.2) is 76.3 Å². The van der Waals surface area contributed by atoms with E-state index in [0.29, 0.717) is 21.3 Å². The maximum atomic E-state index is 12.1. The van der Waals surface area contributed by atoms with E-state index in [1.54, 1.807) is 42.5 Å². The fraction of sp³-hybridized carbons (Fsp3) is 0.0455. The third-order valence-corrected chi connectivity index (χ3v) is 4.45. The molecule has 3 rings (SSSR count). The maximum Gasteiger partial charge on any atom is 0.343 e. The molecule has 0 saturated heterocycles. The molecule has 3 aromatic carbocycles. The minimum absolute atomic E-state index is 0.106. The van der Waals surface area contributed by atoms with E-state index in [2.05, 4.69) is 26.5 Å². The SMILES string of the molecule is Cc1ccc(C(=O)Oc2ccc(/C=N/NC(=O)c3cc(Br)ccc3O)cc2)cc1. The Balaban J connectivity index is 1.58. The Morgan fingerprint density at radius 3 is 2.41 bits per heavy atom. The van der Waals surface area contributed by atoms with Crippen LogP contribution in [0.1, 0.15) is 31.8 Å². The lowest BCUT2D eigenvalue weighted by Gasteiger charge is -2.05. The van der Waals surface area contributed by atoms with E-state index >= 15 is 0 Å². The van der Waals surface area contributed by atoms with Gasteiger partial charge in [0.25, 0.3) is 5.91 Å². The van der Waals surface area contributed by atoms with Crippen LogP contribution in [0, 0.1) is 6.92 Å². The van der Waals surface area contributed by atoms with Crippen molar-refractivity contribution in [2.45, 2.75) is 6.92 Å². The summed E-state index contributed by atoms with van der Waals surface area (Å²) >= 11 is 3.25. The van der Waals surface area contributed by atoms with E-state index in [-0.39, 0.29) is 11.3 Å². The van der Waals surface area contributed by atoms with Gasteiger partial charge in [-0.15, -0.1) is 0 Å². The minimum atomic E-state index is -0.538. The number of aromatic hydroxyl groups is 1. The normalized spacial score (nSPS) is 10.7. The first kappa shape index (κ1) is 20.3. The van der Waals surface area contributed by atoms with Crippen molar-refractivity contribution in [3.63, 3.8) is 0 Å². The second-order valence-electron chi connectivity index (χ2n) is 6.19. The highest BCUT2D eigenvalue weighted by Crippen LogP contribution is 2.21. The molecule has 146 valence electrons. The monoisotopic (exact) mass is 452 g/mol. The molecular formula is C22H17BrN2O4. The van der Waals surface area contributed by atoms with E-state index in [1.807, 2.05) is 19.1 Å². The Bertz CT molecular complexity index is 1060. The number of esters is 1. The highest BCUT2D eigenvalue weighted by molar-refractivity contribution is 9.10. The van der Waals surface area contributed by atoms with E-state index < -0.39 is 11.9 Å². The largest absolute Gasteiger partial charge is 0.507 e. The Kier molecular flexibility index (Phi) is 6.41. The van der Waals surface area contributed by atoms with Gasteiger partial charge in [-0.25, -0.2) is 10.2 Å². The van der Waals surface area contributed by atoms with Crippen molar-refractivity contribution in [3.8, 4) is 11.5 Å². The number of nitrogens with zero attached hydrogens (tertiary/aromatic N) is 1. The molecule has 0 aromatic heterocycles. The number of hydrogen-bond acceptors (Lipinski definition) is 5. The van der Waals surface area contributed by atoms with Gasteiger partial charge >= 0.3 is 5.97 Å². The first-order chi connectivity index (χ1) is 13.9. The van der Waals surface area contributed by atoms with Crippen LogP contribution in [0.25, 0.3) is 0 Å². The number of rotatable bonds is 5. The van der Waals surface area contributed by atoms with Crippen molar-refractivity contribution >= 4 is 34.0 Å². The number of hydrogen-bond donors (Lipinski definition) is 2. The van der Waals surface area contributed by atoms with Crippen LogP contribution in [-0.4, -0.2) is 23.2 Å². The van der Waals surface area contributed by atoms with Crippen molar-refractivity contribution in [3.05, 3.63) is 93.5 Å². The van der Waals surface area contributed by atoms with Gasteiger partial charge in [-0.1, -0.05) is 33.6 Å². The molecule has 0 radical (unpaired) electrons. The smallest absolute Gasteiger partial charge is 0.343 e. The lowest BCUT2D eigenvalue weighted by Crippen LogP contribution is -2.17. The number of carbonyl (C=O) groups is 2. The summed E-state index contributed by atoms with van der Waals surface area (Å²) in [6, 6.07) is 18.3. The Morgan fingerprint density at radius 2 is 1.72 bits per heavy atom. The Morgan fingerprint density at radius 1 is 1.03 bits per heavy atom. The summed E-state index contributed by atoms with van der Waals surface area (Å²) in [5.41, 5.74) is 4.69. The molecule has 0 aliphatic heterocycles. The van der Waals surface area contributed by atoms with Gasteiger partial charge in [-0.3, -0.25) is 4.79 Å². The molecule has 0 fully saturated rings. The summed E-state index contributed by atoms with van der Waals surface area (Å²) in [5.74, 6) is -0.715. The summed E-state index contributed by atoms with van der Waals surface area (Å²) in [6.07, 6.45) is 1.44. The predicted molar refractivity (Wildman–Crippen MR) is 113 cm³/mol. The molecule has 29 heavy (non-hydrogen) atoms. The van der Waals surface area contributed by atoms with Gasteiger partial charge in [0.2, 0.25) is 0 Å². The van der Waals surface area contributed by atoms with Crippen LogP contribution in [0.2, 0.25) is 0 Å². The van der Waals surface area contributed by atoms with Crippen molar-refractivity contribution in [2.75, 3.05) is 0 Å². The number of halogens is 1. The van der Waals surface area contributed by atoms with Gasteiger partial charge in [0.15, 0.2) is 0 Å². The van der Waals surface area contributed by atoms with Gasteiger partial charge < -0.3 is 9.84 Å². The third-order valence-electron chi connectivity index (χ3n) is 3.96. The number of benzene rings is 3. The van der Waals surface area contributed by atoms with Crippen LogP contribution >= 0.6 is 15.9 Å². The van der Waals surface area contributed by atoms with Crippen LogP contribution < -0.4 is 10.2 Å². The maximum absolute atomic E-state index is 12.1. The van der Waals surface area contributed by atoms with E-state index in [4.69, 9.17) is 4.74 Å². The Hall–Kier alpha value is -3.45. The van der Waals surface area contributed by atoms with Crippen molar-refractivity contribution < 1.29 is 19.4 Å². The number of amides is 1. The molecule has 0 aliphatic rings. The standard InChI is InChI=1S/C22H17BrN2O4/c1-14-2-6-16(7-3-14)22(28)29-18-9-4-15(5-10-18)13-24-25-21(27)19-12-17(23)8-11-20(19)26/h2-13,26H,1H3,(H,25,27)/b24-13+. The average molecular weight is 453 g/mol. The quantitative estimate of drug-likeness (QED) is 0.259. The highest BCUT2D eigenvalue weighted by atomic mass is 79.9. The molecule has 0 spiro atoms. The molecule has 2 N–H and O–H groups in total. The number of aryl methyl sites for hydroxylation is 1. The lowest BCUT2D eigenvalue weighted by molar-refractivity contribution is 0.0734. The van der Waals surface area contributed by atoms with Crippen LogP contribution in [0.5, 0.6) is 11.5 Å². The molecule has 1 amide bonds. The summed E-state index contributed by atoms with van der Waals surface area (Å²) in [5, 5.41) is 13.6. The van der Waals surface area contributed by atoms with Gasteiger partial charge in [-0.05, 0) is 67.1 Å². The Labute approximate surface area is 176 Å². The zero-order valence-corrected chi connectivity index (χ0v) is 17.0. The summed E-state index contributed by atoms with van der Waals surface area (Å²) in [4.78, 5) is 24.2. The zero-order valence-electron chi connectivity index (χ0n) is 15.4. The summed E-state index contributed by atoms with van der Waals surface area (Å²) < 4.78 is 6.00. The van der Waals surface area contributed by atoms with Crippen molar-refractivity contribution in [2.24, 2.45) is 5.10 Å². The first-order valence-electron chi connectivity index (χ1n) is 8.63. The number of nitrogens with one attached hydrogen (secondary N) is 1. The zero-order chi connectivity index (χ0) is 20.8. The van der Waals surface area contributed by atoms with Gasteiger partial charge in [0.05, 0.1) is 17.3 Å². The molecule has 0 atom stereocenters. The fourth-order valence-corrected chi connectivity index (χ4v) is 2.75. The van der Waals surface area contributed by atoms with Crippen LogP contribution in [-0.2, 0) is 0 Å². The van der Waals surface area contributed by atoms with Crippen LogP contribution in [0.3, 0.4) is 0 Å². The second-order valence-corrected chi connectivity index (χ2v) is 7.10. The van der Waals surface area contributed by atoms with Gasteiger partial charge in [-0.2, -0.15) is 5.10 Å². The second kappa shape index (κ2) is 9.16. The fourth-order valence-electron chi connectivity index (χ4n) is 2.39. The van der Waals surface area contributed by atoms with Crippen LogP contribution in [0.4, 0.5) is 0 Å². The molecule has 6 nitrogen and oxygen atoms in total. The average Bonchev–Trinajstić information content (AvgIpc) is 2.71. The first-order valence-corrected chi connectivity index (χ1v) is 9.42. The number of hydrazone groups is 1. The third kappa shape index (κ3) is 5.52. The number of carbonyl (C=O) groups excluding carboxylic acids is 2.